The Kier molecular flexibility index (Phi) is 3.83. The molecule has 7 heteroatoms. The summed E-state index contributed by atoms with van der Waals surface area (Å²) in [6.07, 6.45) is 6.19. The van der Waals surface area contributed by atoms with Crippen LogP contribution in [0.4, 0.5) is 0 Å². The van der Waals surface area contributed by atoms with E-state index in [0.29, 0.717) is 25.2 Å². The molecule has 1 amide bonds. The van der Waals surface area contributed by atoms with Crippen LogP contribution in [0.3, 0.4) is 0 Å². The third-order valence-electron chi connectivity index (χ3n) is 4.81. The van der Waals surface area contributed by atoms with E-state index in [4.69, 9.17) is 0 Å². The van der Waals surface area contributed by atoms with E-state index < -0.39 is 0 Å². The summed E-state index contributed by atoms with van der Waals surface area (Å²) in [6, 6.07) is 7.41. The minimum Gasteiger partial charge on any atom is -0.340 e. The van der Waals surface area contributed by atoms with Crippen molar-refractivity contribution in [2.75, 3.05) is 13.1 Å². The van der Waals surface area contributed by atoms with Crippen molar-refractivity contribution in [3.63, 3.8) is 0 Å². The van der Waals surface area contributed by atoms with E-state index in [9.17, 15) is 9.59 Å². The molecule has 1 fully saturated rings. The van der Waals surface area contributed by atoms with Crippen molar-refractivity contribution in [1.29, 1.82) is 0 Å². The number of hydrogen-bond donors (Lipinski definition) is 0. The summed E-state index contributed by atoms with van der Waals surface area (Å²) in [6.45, 7) is 1.19. The van der Waals surface area contributed by atoms with Gasteiger partial charge in [0, 0.05) is 38.7 Å². The molecule has 1 atom stereocenters. The Labute approximate surface area is 144 Å². The molecule has 0 unspecified atom stereocenters. The molecule has 1 aliphatic rings. The molecule has 128 valence electrons. The van der Waals surface area contributed by atoms with E-state index in [-0.39, 0.29) is 17.6 Å². The zero-order valence-electron chi connectivity index (χ0n) is 14.0. The van der Waals surface area contributed by atoms with Gasteiger partial charge in [-0.1, -0.05) is 6.07 Å². The summed E-state index contributed by atoms with van der Waals surface area (Å²) in [7, 11) is 1.75. The second kappa shape index (κ2) is 6.16. The summed E-state index contributed by atoms with van der Waals surface area (Å²) in [5.41, 5.74) is 2.31. The maximum atomic E-state index is 12.6. The van der Waals surface area contributed by atoms with E-state index in [2.05, 4.69) is 9.97 Å². The molecule has 0 N–H and O–H groups in total. The first kappa shape index (κ1) is 15.6. The van der Waals surface area contributed by atoms with Crippen LogP contribution in [0.2, 0.25) is 0 Å². The number of imidazole rings is 1. The number of aromatic nitrogens is 4. The highest BCUT2D eigenvalue weighted by molar-refractivity contribution is 5.79. The van der Waals surface area contributed by atoms with Gasteiger partial charge in [-0.3, -0.25) is 18.9 Å². The number of hydrogen-bond acceptors (Lipinski definition) is 4. The molecule has 3 aromatic heterocycles. The summed E-state index contributed by atoms with van der Waals surface area (Å²) in [5, 5.41) is 0. The Balaban J connectivity index is 1.56. The van der Waals surface area contributed by atoms with Gasteiger partial charge in [-0.15, -0.1) is 0 Å². The monoisotopic (exact) mass is 337 g/mol. The first-order valence-electron chi connectivity index (χ1n) is 8.34. The van der Waals surface area contributed by atoms with Crippen molar-refractivity contribution in [2.45, 2.75) is 18.9 Å². The number of carbonyl (C=O) groups is 1. The fourth-order valence-electron chi connectivity index (χ4n) is 3.49. The van der Waals surface area contributed by atoms with Gasteiger partial charge in [-0.2, -0.15) is 0 Å². The Morgan fingerprint density at radius 3 is 2.92 bits per heavy atom. The van der Waals surface area contributed by atoms with E-state index in [1.807, 2.05) is 29.2 Å². The molecule has 4 heterocycles. The van der Waals surface area contributed by atoms with Gasteiger partial charge in [0.2, 0.25) is 5.91 Å². The first-order chi connectivity index (χ1) is 12.1. The molecule has 1 aliphatic heterocycles. The lowest BCUT2D eigenvalue weighted by Crippen LogP contribution is -2.32. The van der Waals surface area contributed by atoms with Crippen molar-refractivity contribution in [3.05, 3.63) is 58.9 Å². The normalized spacial score (nSPS) is 17.3. The predicted molar refractivity (Wildman–Crippen MR) is 93.1 cm³/mol. The molecule has 0 radical (unpaired) electrons. The van der Waals surface area contributed by atoms with Crippen LogP contribution < -0.4 is 5.69 Å². The maximum absolute atomic E-state index is 12.6. The van der Waals surface area contributed by atoms with Crippen molar-refractivity contribution < 1.29 is 4.79 Å². The summed E-state index contributed by atoms with van der Waals surface area (Å²) in [4.78, 5) is 35.4. The average molecular weight is 337 g/mol. The Morgan fingerprint density at radius 1 is 1.28 bits per heavy atom. The SMILES string of the molecule is Cn1c(=O)n([C@@H]2CCN(C(=O)Cc3cccnc3)C2)c2ncccc21. The van der Waals surface area contributed by atoms with Crippen LogP contribution in [0, 0.1) is 0 Å². The van der Waals surface area contributed by atoms with Gasteiger partial charge in [0.15, 0.2) is 5.65 Å². The maximum Gasteiger partial charge on any atom is 0.330 e. The molecule has 0 aliphatic carbocycles. The molecule has 7 nitrogen and oxygen atoms in total. The summed E-state index contributed by atoms with van der Waals surface area (Å²) < 4.78 is 3.34. The van der Waals surface area contributed by atoms with Gasteiger partial charge in [0.05, 0.1) is 18.0 Å². The first-order valence-corrected chi connectivity index (χ1v) is 8.34. The van der Waals surface area contributed by atoms with E-state index in [0.717, 1.165) is 17.5 Å². The number of rotatable bonds is 3. The fourth-order valence-corrected chi connectivity index (χ4v) is 3.49. The molecular weight excluding hydrogens is 318 g/mol. The zero-order valence-corrected chi connectivity index (χ0v) is 14.0. The van der Waals surface area contributed by atoms with Gasteiger partial charge in [-0.25, -0.2) is 9.78 Å². The number of fused-ring (bicyclic) bond motifs is 1. The van der Waals surface area contributed by atoms with Gasteiger partial charge in [-0.05, 0) is 30.2 Å². The molecule has 0 bridgehead atoms. The van der Waals surface area contributed by atoms with Crippen LogP contribution in [-0.2, 0) is 18.3 Å². The molecule has 1 saturated heterocycles. The quantitative estimate of drug-likeness (QED) is 0.719. The summed E-state index contributed by atoms with van der Waals surface area (Å²) >= 11 is 0. The van der Waals surface area contributed by atoms with Crippen molar-refractivity contribution in [1.82, 2.24) is 24.0 Å². The van der Waals surface area contributed by atoms with Crippen molar-refractivity contribution in [3.8, 4) is 0 Å². The number of carbonyl (C=O) groups excluding carboxylic acids is 1. The standard InChI is InChI=1S/C18H19N5O2/c1-21-15-5-3-8-20-17(15)23(18(21)25)14-6-9-22(12-14)16(24)10-13-4-2-7-19-11-13/h2-5,7-8,11,14H,6,9-10,12H2,1H3/t14-/m1/s1. The van der Waals surface area contributed by atoms with E-state index in [1.54, 1.807) is 34.8 Å². The summed E-state index contributed by atoms with van der Waals surface area (Å²) in [5.74, 6) is 0.0664. The van der Waals surface area contributed by atoms with Crippen molar-refractivity contribution >= 4 is 17.1 Å². The third kappa shape index (κ3) is 2.71. The molecule has 25 heavy (non-hydrogen) atoms. The van der Waals surface area contributed by atoms with E-state index >= 15 is 0 Å². The minimum atomic E-state index is -0.0831. The number of nitrogens with zero attached hydrogens (tertiary/aromatic N) is 5. The van der Waals surface area contributed by atoms with Gasteiger partial charge in [0.25, 0.3) is 0 Å². The van der Waals surface area contributed by atoms with E-state index in [1.165, 1.54) is 0 Å². The second-order valence-corrected chi connectivity index (χ2v) is 6.38. The Hall–Kier alpha value is -2.96. The van der Waals surface area contributed by atoms with Crippen LogP contribution in [-0.4, -0.2) is 43.0 Å². The second-order valence-electron chi connectivity index (χ2n) is 6.38. The van der Waals surface area contributed by atoms with Gasteiger partial charge < -0.3 is 4.90 Å². The van der Waals surface area contributed by atoms with Crippen molar-refractivity contribution in [2.24, 2.45) is 7.05 Å². The molecular formula is C18H19N5O2. The zero-order chi connectivity index (χ0) is 17.4. The lowest BCUT2D eigenvalue weighted by atomic mass is 10.2. The van der Waals surface area contributed by atoms with Crippen LogP contribution in [0.25, 0.3) is 11.2 Å². The lowest BCUT2D eigenvalue weighted by Gasteiger charge is -2.17. The predicted octanol–water partition coefficient (Wildman–Crippen LogP) is 1.15. The van der Waals surface area contributed by atoms with Crippen LogP contribution >= 0.6 is 0 Å². The number of pyridine rings is 2. The number of amides is 1. The molecule has 3 aromatic rings. The smallest absolute Gasteiger partial charge is 0.330 e. The van der Waals surface area contributed by atoms with Crippen LogP contribution in [0.5, 0.6) is 0 Å². The fraction of sp³-hybridized carbons (Fsp3) is 0.333. The lowest BCUT2D eigenvalue weighted by molar-refractivity contribution is -0.129. The van der Waals surface area contributed by atoms with Crippen LogP contribution in [0.1, 0.15) is 18.0 Å². The van der Waals surface area contributed by atoms with Gasteiger partial charge >= 0.3 is 5.69 Å². The topological polar surface area (TPSA) is 73.0 Å². The molecule has 0 spiro atoms. The van der Waals surface area contributed by atoms with Crippen LogP contribution in [0.15, 0.2) is 47.7 Å². The Bertz CT molecular complexity index is 976. The number of likely N-dealkylation sites (tertiary alicyclic amines) is 1. The molecule has 0 saturated carbocycles. The third-order valence-corrected chi connectivity index (χ3v) is 4.81. The Morgan fingerprint density at radius 2 is 2.12 bits per heavy atom. The average Bonchev–Trinajstić information content (AvgIpc) is 3.20. The number of aryl methyl sites for hydroxylation is 1. The minimum absolute atomic E-state index is 0.0380. The molecule has 4 rings (SSSR count). The highest BCUT2D eigenvalue weighted by Gasteiger charge is 2.30. The largest absolute Gasteiger partial charge is 0.340 e. The van der Waals surface area contributed by atoms with Gasteiger partial charge in [0.1, 0.15) is 0 Å². The molecule has 0 aromatic carbocycles. The highest BCUT2D eigenvalue weighted by Crippen LogP contribution is 2.24. The highest BCUT2D eigenvalue weighted by atomic mass is 16.2.